The van der Waals surface area contributed by atoms with Crippen LogP contribution < -0.4 is 11.5 Å². The lowest BCUT2D eigenvalue weighted by Crippen LogP contribution is -2.17. The summed E-state index contributed by atoms with van der Waals surface area (Å²) in [6.07, 6.45) is 1.95. The summed E-state index contributed by atoms with van der Waals surface area (Å²) in [5, 5.41) is 0. The van der Waals surface area contributed by atoms with Crippen LogP contribution in [0.2, 0.25) is 0 Å². The maximum Gasteiger partial charge on any atom is 0.215 e. The van der Waals surface area contributed by atoms with Gasteiger partial charge in [0.05, 0.1) is 0 Å². The molecule has 2 aromatic rings. The van der Waals surface area contributed by atoms with Gasteiger partial charge in [0.15, 0.2) is 0 Å². The molecule has 7 heteroatoms. The lowest BCUT2D eigenvalue weighted by Gasteiger charge is -2.02. The largest absolute Gasteiger partial charge is 0.726 e. The van der Waals surface area contributed by atoms with Gasteiger partial charge in [-0.05, 0) is 37.8 Å². The van der Waals surface area contributed by atoms with Crippen LogP contribution in [-0.4, -0.2) is 29.6 Å². The first-order valence-electron chi connectivity index (χ1n) is 7.85. The second-order valence-electron chi connectivity index (χ2n) is 5.76. The molecule has 2 rings (SSSR count). The SMILES string of the molecule is C[C@H](N)Cc1ccccc1.C[C@H](N)Cc1ccccc1.O=S(=O)([O-])O. The number of nitrogens with two attached hydrogens (primary N) is 2. The molecule has 0 aliphatic carbocycles. The van der Waals surface area contributed by atoms with E-state index in [1.165, 1.54) is 11.1 Å². The Morgan fingerprint density at radius 2 is 1.08 bits per heavy atom. The van der Waals surface area contributed by atoms with E-state index in [0.29, 0.717) is 0 Å². The van der Waals surface area contributed by atoms with E-state index in [2.05, 4.69) is 24.3 Å². The van der Waals surface area contributed by atoms with Crippen molar-refractivity contribution in [1.29, 1.82) is 0 Å². The van der Waals surface area contributed by atoms with Gasteiger partial charge in [0.1, 0.15) is 0 Å². The predicted molar refractivity (Wildman–Crippen MR) is 99.9 cm³/mol. The highest BCUT2D eigenvalue weighted by Gasteiger charge is 1.95. The maximum absolute atomic E-state index is 8.63. The van der Waals surface area contributed by atoms with Crippen molar-refractivity contribution in [3.05, 3.63) is 71.8 Å². The number of hydrogen-bond donors (Lipinski definition) is 3. The van der Waals surface area contributed by atoms with E-state index in [1.54, 1.807) is 0 Å². The van der Waals surface area contributed by atoms with Crippen molar-refractivity contribution in [1.82, 2.24) is 0 Å². The van der Waals surface area contributed by atoms with Gasteiger partial charge in [-0.2, -0.15) is 0 Å². The van der Waals surface area contributed by atoms with Gasteiger partial charge < -0.3 is 16.0 Å². The van der Waals surface area contributed by atoms with Gasteiger partial charge in [-0.25, -0.2) is 8.42 Å². The Morgan fingerprint density at radius 3 is 1.28 bits per heavy atom. The molecule has 0 fully saturated rings. The van der Waals surface area contributed by atoms with Crippen LogP contribution in [0.3, 0.4) is 0 Å². The zero-order valence-electron chi connectivity index (χ0n) is 14.6. The normalized spacial score (nSPS) is 12.7. The van der Waals surface area contributed by atoms with Crippen LogP contribution in [0.25, 0.3) is 0 Å². The standard InChI is InChI=1S/2C9H13N.H2O4S/c2*1-8(10)7-9-5-3-2-4-6-9;1-5(2,3)4/h2*2-6,8H,7,10H2,1H3;(H2,1,2,3,4)/p-1/t2*8-;/m00./s1. The van der Waals surface area contributed by atoms with Crippen molar-refractivity contribution in [3.63, 3.8) is 0 Å². The molecule has 0 radical (unpaired) electrons. The first-order valence-corrected chi connectivity index (χ1v) is 9.21. The second-order valence-corrected chi connectivity index (χ2v) is 6.62. The molecule has 2 atom stereocenters. The molecular weight excluding hydrogens is 340 g/mol. The topological polar surface area (TPSA) is 129 Å². The Hall–Kier alpha value is -1.77. The van der Waals surface area contributed by atoms with Crippen molar-refractivity contribution >= 4 is 10.4 Å². The van der Waals surface area contributed by atoms with Crippen LogP contribution in [-0.2, 0) is 23.2 Å². The Kier molecular flexibility index (Phi) is 11.7. The van der Waals surface area contributed by atoms with Gasteiger partial charge in [-0.3, -0.25) is 4.55 Å². The summed E-state index contributed by atoms with van der Waals surface area (Å²) in [5.74, 6) is 0. The van der Waals surface area contributed by atoms with Crippen LogP contribution in [0.5, 0.6) is 0 Å². The summed E-state index contributed by atoms with van der Waals surface area (Å²) in [6, 6.07) is 21.1. The molecule has 0 saturated heterocycles. The molecule has 0 aliphatic heterocycles. The molecule has 0 amide bonds. The predicted octanol–water partition coefficient (Wildman–Crippen LogP) is 2.16. The number of benzene rings is 2. The second kappa shape index (κ2) is 12.6. The zero-order chi connectivity index (χ0) is 19.3. The van der Waals surface area contributed by atoms with Gasteiger partial charge in [0.25, 0.3) is 0 Å². The Morgan fingerprint density at radius 1 is 0.840 bits per heavy atom. The van der Waals surface area contributed by atoms with Crippen molar-refractivity contribution in [2.45, 2.75) is 38.8 Å². The van der Waals surface area contributed by atoms with E-state index >= 15 is 0 Å². The molecule has 0 bridgehead atoms. The third-order valence-corrected chi connectivity index (χ3v) is 2.80. The first-order chi connectivity index (χ1) is 11.6. The Balaban J connectivity index is 0.000000368. The third-order valence-electron chi connectivity index (χ3n) is 2.80. The third kappa shape index (κ3) is 18.4. The molecule has 0 spiro atoms. The fourth-order valence-corrected chi connectivity index (χ4v) is 1.97. The minimum Gasteiger partial charge on any atom is -0.726 e. The molecule has 0 aliphatic rings. The Bertz CT molecular complexity index is 606. The van der Waals surface area contributed by atoms with Crippen LogP contribution in [0, 0.1) is 0 Å². The summed E-state index contributed by atoms with van der Waals surface area (Å²) < 4.78 is 32.8. The fourth-order valence-electron chi connectivity index (χ4n) is 1.97. The molecule has 0 saturated carbocycles. The molecule has 2 aromatic carbocycles. The van der Waals surface area contributed by atoms with Crippen molar-refractivity contribution in [3.8, 4) is 0 Å². The van der Waals surface area contributed by atoms with Gasteiger partial charge in [0.2, 0.25) is 10.4 Å². The lowest BCUT2D eigenvalue weighted by atomic mass is 10.1. The Labute approximate surface area is 150 Å². The summed E-state index contributed by atoms with van der Waals surface area (Å²) in [4.78, 5) is 0. The molecule has 0 unspecified atom stereocenters. The summed E-state index contributed by atoms with van der Waals surface area (Å²) >= 11 is 0. The van der Waals surface area contributed by atoms with Gasteiger partial charge in [0, 0.05) is 12.1 Å². The van der Waals surface area contributed by atoms with E-state index in [4.69, 9.17) is 29.0 Å². The molecule has 6 nitrogen and oxygen atoms in total. The van der Waals surface area contributed by atoms with Crippen LogP contribution in [0.4, 0.5) is 0 Å². The lowest BCUT2D eigenvalue weighted by molar-refractivity contribution is 0.366. The summed E-state index contributed by atoms with van der Waals surface area (Å²) in [7, 11) is -4.92. The van der Waals surface area contributed by atoms with Crippen LogP contribution >= 0.6 is 0 Å². The molecule has 0 heterocycles. The first kappa shape index (κ1) is 23.2. The molecule has 140 valence electrons. The van der Waals surface area contributed by atoms with Gasteiger partial charge in [-0.15, -0.1) is 0 Å². The highest BCUT2D eigenvalue weighted by molar-refractivity contribution is 7.79. The van der Waals surface area contributed by atoms with Crippen LogP contribution in [0.15, 0.2) is 60.7 Å². The quantitative estimate of drug-likeness (QED) is 0.561. The van der Waals surface area contributed by atoms with E-state index in [-0.39, 0.29) is 12.1 Å². The highest BCUT2D eigenvalue weighted by Crippen LogP contribution is 2.01. The molecule has 0 aromatic heterocycles. The summed E-state index contributed by atoms with van der Waals surface area (Å²) in [5.41, 5.74) is 13.9. The zero-order valence-corrected chi connectivity index (χ0v) is 15.4. The maximum atomic E-state index is 8.63. The number of hydrogen-bond acceptors (Lipinski definition) is 5. The minimum absolute atomic E-state index is 0.266. The van der Waals surface area contributed by atoms with E-state index in [1.807, 2.05) is 50.2 Å². The van der Waals surface area contributed by atoms with Crippen molar-refractivity contribution in [2.24, 2.45) is 11.5 Å². The van der Waals surface area contributed by atoms with Gasteiger partial charge in [-0.1, -0.05) is 60.7 Å². The molecular formula is C18H27N2O4S-. The van der Waals surface area contributed by atoms with E-state index in [9.17, 15) is 0 Å². The average Bonchev–Trinajstić information content (AvgIpc) is 2.47. The van der Waals surface area contributed by atoms with Gasteiger partial charge >= 0.3 is 0 Å². The summed E-state index contributed by atoms with van der Waals surface area (Å²) in [6.45, 7) is 4.04. The smallest absolute Gasteiger partial charge is 0.215 e. The average molecular weight is 367 g/mol. The molecule has 25 heavy (non-hydrogen) atoms. The van der Waals surface area contributed by atoms with Crippen molar-refractivity contribution < 1.29 is 17.5 Å². The van der Waals surface area contributed by atoms with Crippen molar-refractivity contribution in [2.75, 3.05) is 0 Å². The highest BCUT2D eigenvalue weighted by atomic mass is 32.3. The van der Waals surface area contributed by atoms with E-state index in [0.717, 1.165) is 12.8 Å². The number of rotatable bonds is 4. The fraction of sp³-hybridized carbons (Fsp3) is 0.333. The van der Waals surface area contributed by atoms with E-state index < -0.39 is 10.4 Å². The van der Waals surface area contributed by atoms with Crippen LogP contribution in [0.1, 0.15) is 25.0 Å². The minimum atomic E-state index is -4.92. The molecule has 5 N–H and O–H groups in total. The monoisotopic (exact) mass is 367 g/mol.